The Morgan fingerprint density at radius 3 is 2.78 bits per heavy atom. The molecule has 0 saturated heterocycles. The van der Waals surface area contributed by atoms with Gasteiger partial charge in [-0.2, -0.15) is 5.10 Å². The average Bonchev–Trinajstić information content (AvgIpc) is 3.17. The van der Waals surface area contributed by atoms with Gasteiger partial charge in [0.25, 0.3) is 0 Å². The van der Waals surface area contributed by atoms with Crippen molar-refractivity contribution in [2.75, 3.05) is 7.11 Å². The maximum atomic E-state index is 11.8. The van der Waals surface area contributed by atoms with E-state index in [0.29, 0.717) is 6.54 Å². The van der Waals surface area contributed by atoms with Crippen LogP contribution in [0.5, 0.6) is 5.88 Å². The number of methoxy groups -OCH3 is 1. The van der Waals surface area contributed by atoms with Crippen LogP contribution in [0.3, 0.4) is 0 Å². The van der Waals surface area contributed by atoms with E-state index in [-0.39, 0.29) is 30.4 Å². The maximum absolute atomic E-state index is 11.8. The van der Waals surface area contributed by atoms with Gasteiger partial charge in [-0.15, -0.1) is 5.10 Å². The van der Waals surface area contributed by atoms with Crippen molar-refractivity contribution in [3.63, 3.8) is 0 Å². The minimum absolute atomic E-state index is 0.0690. The quantitative estimate of drug-likeness (QED) is 0.565. The SMILES string of the molecule is CCn1ccc(CNC(=O)CCn2cc([N+](=O)[O-])c(OC)n2)n1. The van der Waals surface area contributed by atoms with Crippen LogP contribution < -0.4 is 10.1 Å². The van der Waals surface area contributed by atoms with Gasteiger partial charge in [0.2, 0.25) is 5.91 Å². The van der Waals surface area contributed by atoms with Crippen molar-refractivity contribution < 1.29 is 14.5 Å². The number of carbonyl (C=O) groups excluding carboxylic acids is 1. The first-order valence-electron chi connectivity index (χ1n) is 7.08. The van der Waals surface area contributed by atoms with Gasteiger partial charge in [-0.3, -0.25) is 24.3 Å². The lowest BCUT2D eigenvalue weighted by molar-refractivity contribution is -0.385. The first kappa shape index (κ1) is 16.5. The zero-order valence-corrected chi connectivity index (χ0v) is 12.9. The van der Waals surface area contributed by atoms with Crippen LogP contribution in [0.1, 0.15) is 19.0 Å². The Hall–Kier alpha value is -2.91. The number of ether oxygens (including phenoxy) is 1. The summed E-state index contributed by atoms with van der Waals surface area (Å²) in [6, 6.07) is 1.84. The van der Waals surface area contributed by atoms with Crippen LogP contribution in [0.15, 0.2) is 18.5 Å². The summed E-state index contributed by atoms with van der Waals surface area (Å²) >= 11 is 0. The van der Waals surface area contributed by atoms with Crippen molar-refractivity contribution in [1.82, 2.24) is 24.9 Å². The second-order valence-electron chi connectivity index (χ2n) is 4.73. The minimum atomic E-state index is -0.577. The molecule has 2 heterocycles. The molecule has 23 heavy (non-hydrogen) atoms. The van der Waals surface area contributed by atoms with Crippen molar-refractivity contribution in [2.45, 2.75) is 33.0 Å². The van der Waals surface area contributed by atoms with E-state index >= 15 is 0 Å². The van der Waals surface area contributed by atoms with Crippen LogP contribution in [0, 0.1) is 10.1 Å². The lowest BCUT2D eigenvalue weighted by Crippen LogP contribution is -2.24. The Labute approximate surface area is 132 Å². The van der Waals surface area contributed by atoms with Crippen LogP contribution in [0.4, 0.5) is 5.69 Å². The monoisotopic (exact) mass is 322 g/mol. The number of hydrogen-bond acceptors (Lipinski definition) is 6. The number of hydrogen-bond donors (Lipinski definition) is 1. The number of carbonyl (C=O) groups is 1. The fourth-order valence-electron chi connectivity index (χ4n) is 1.95. The molecule has 10 heteroatoms. The van der Waals surface area contributed by atoms with E-state index in [9.17, 15) is 14.9 Å². The van der Waals surface area contributed by atoms with E-state index in [1.807, 2.05) is 19.2 Å². The molecule has 124 valence electrons. The van der Waals surface area contributed by atoms with Crippen molar-refractivity contribution >= 4 is 11.6 Å². The highest BCUT2D eigenvalue weighted by Crippen LogP contribution is 2.23. The van der Waals surface area contributed by atoms with Crippen molar-refractivity contribution in [3.8, 4) is 5.88 Å². The molecule has 0 atom stereocenters. The summed E-state index contributed by atoms with van der Waals surface area (Å²) < 4.78 is 7.92. The molecule has 0 saturated carbocycles. The molecule has 2 rings (SSSR count). The summed E-state index contributed by atoms with van der Waals surface area (Å²) in [6.07, 6.45) is 3.24. The van der Waals surface area contributed by atoms with Crippen molar-refractivity contribution in [3.05, 3.63) is 34.3 Å². The van der Waals surface area contributed by atoms with Crippen LogP contribution in [-0.4, -0.2) is 37.5 Å². The number of nitro groups is 1. The van der Waals surface area contributed by atoms with Gasteiger partial charge in [0.15, 0.2) is 0 Å². The second-order valence-corrected chi connectivity index (χ2v) is 4.73. The molecule has 0 aliphatic heterocycles. The normalized spacial score (nSPS) is 10.5. The summed E-state index contributed by atoms with van der Waals surface area (Å²) in [5.74, 6) is -0.256. The predicted molar refractivity (Wildman–Crippen MR) is 79.8 cm³/mol. The zero-order valence-electron chi connectivity index (χ0n) is 12.9. The van der Waals surface area contributed by atoms with E-state index in [0.717, 1.165) is 12.2 Å². The topological polar surface area (TPSA) is 117 Å². The fraction of sp³-hybridized carbons (Fsp3) is 0.462. The van der Waals surface area contributed by atoms with Gasteiger partial charge in [0.1, 0.15) is 6.20 Å². The number of rotatable bonds is 8. The first-order valence-corrected chi connectivity index (χ1v) is 7.08. The highest BCUT2D eigenvalue weighted by atomic mass is 16.6. The third-order valence-corrected chi connectivity index (χ3v) is 3.15. The maximum Gasteiger partial charge on any atom is 0.350 e. The van der Waals surface area contributed by atoms with Crippen LogP contribution in [0.2, 0.25) is 0 Å². The Balaban J connectivity index is 1.83. The molecule has 2 aromatic rings. The molecule has 1 amide bonds. The lowest BCUT2D eigenvalue weighted by Gasteiger charge is -2.03. The Morgan fingerprint density at radius 2 is 2.22 bits per heavy atom. The average molecular weight is 322 g/mol. The summed E-state index contributed by atoms with van der Waals surface area (Å²) in [5, 5.41) is 21.7. The van der Waals surface area contributed by atoms with E-state index in [1.165, 1.54) is 18.0 Å². The van der Waals surface area contributed by atoms with E-state index in [1.54, 1.807) is 4.68 Å². The van der Waals surface area contributed by atoms with Crippen LogP contribution in [-0.2, 0) is 24.4 Å². The van der Waals surface area contributed by atoms with Gasteiger partial charge < -0.3 is 10.1 Å². The summed E-state index contributed by atoms with van der Waals surface area (Å²) in [6.45, 7) is 3.31. The molecule has 0 aromatic carbocycles. The Kier molecular flexibility index (Phi) is 5.28. The van der Waals surface area contributed by atoms with Gasteiger partial charge in [0, 0.05) is 19.2 Å². The minimum Gasteiger partial charge on any atom is -0.475 e. The van der Waals surface area contributed by atoms with Gasteiger partial charge >= 0.3 is 11.6 Å². The fourth-order valence-corrected chi connectivity index (χ4v) is 1.95. The molecule has 0 aliphatic carbocycles. The molecular formula is C13H18N6O4. The third-order valence-electron chi connectivity index (χ3n) is 3.15. The smallest absolute Gasteiger partial charge is 0.350 e. The number of nitrogens with one attached hydrogen (secondary N) is 1. The van der Waals surface area contributed by atoms with Gasteiger partial charge in [0.05, 0.1) is 30.8 Å². The number of nitrogens with zero attached hydrogens (tertiary/aromatic N) is 5. The van der Waals surface area contributed by atoms with Gasteiger partial charge in [-0.05, 0) is 13.0 Å². The molecule has 0 radical (unpaired) electrons. The molecule has 0 bridgehead atoms. The first-order chi connectivity index (χ1) is 11.0. The van der Waals surface area contributed by atoms with Crippen LogP contribution >= 0.6 is 0 Å². The Morgan fingerprint density at radius 1 is 1.43 bits per heavy atom. The summed E-state index contributed by atoms with van der Waals surface area (Å²) in [5.41, 5.74) is 0.551. The van der Waals surface area contributed by atoms with E-state index in [2.05, 4.69) is 15.5 Å². The molecule has 10 nitrogen and oxygen atoms in total. The van der Waals surface area contributed by atoms with Gasteiger partial charge in [-0.25, -0.2) is 0 Å². The van der Waals surface area contributed by atoms with Crippen molar-refractivity contribution in [1.29, 1.82) is 0 Å². The summed E-state index contributed by atoms with van der Waals surface area (Å²) in [7, 11) is 1.31. The molecule has 2 aromatic heterocycles. The van der Waals surface area contributed by atoms with Crippen LogP contribution in [0.25, 0.3) is 0 Å². The predicted octanol–water partition coefficient (Wildman–Crippen LogP) is 0.723. The molecule has 0 fully saturated rings. The van der Waals surface area contributed by atoms with Crippen molar-refractivity contribution in [2.24, 2.45) is 0 Å². The molecule has 0 unspecified atom stereocenters. The Bertz CT molecular complexity index is 692. The molecule has 0 spiro atoms. The highest BCUT2D eigenvalue weighted by Gasteiger charge is 2.20. The third kappa shape index (κ3) is 4.28. The van der Waals surface area contributed by atoms with Gasteiger partial charge in [-0.1, -0.05) is 0 Å². The summed E-state index contributed by atoms with van der Waals surface area (Å²) in [4.78, 5) is 22.0. The standard InChI is InChI=1S/C13H18N6O4/c1-3-17-6-4-10(15-17)8-14-12(20)5-7-18-9-11(19(21)22)13(16-18)23-2/h4,6,9H,3,5,7-8H2,1-2H3,(H,14,20). The molecular weight excluding hydrogens is 304 g/mol. The van der Waals surface area contributed by atoms with E-state index in [4.69, 9.17) is 4.74 Å². The molecule has 0 aliphatic rings. The second kappa shape index (κ2) is 7.38. The molecule has 1 N–H and O–H groups in total. The largest absolute Gasteiger partial charge is 0.475 e. The highest BCUT2D eigenvalue weighted by molar-refractivity contribution is 5.75. The number of aromatic nitrogens is 4. The number of amides is 1. The lowest BCUT2D eigenvalue weighted by atomic mass is 10.3. The number of aryl methyl sites for hydroxylation is 2. The van der Waals surface area contributed by atoms with E-state index < -0.39 is 4.92 Å². The zero-order chi connectivity index (χ0) is 16.8.